The summed E-state index contributed by atoms with van der Waals surface area (Å²) in [7, 11) is 0. The van der Waals surface area contributed by atoms with Crippen LogP contribution in [0.1, 0.15) is 233 Å². The third kappa shape index (κ3) is 56.2. The SMILES string of the molecule is CC/C=C\C/C=C\C/C=C\C/C=C\C/C=C\C/C=C\C/C=C\C/C=C\C/C=C\C/C=C\CCCCCCC(=O)OCC(COC(=O)CCCCCCC)OC(=O)CCCCCCC/C=C\C/C=C\CCCC. The van der Waals surface area contributed by atoms with Crippen LogP contribution in [0.5, 0.6) is 0 Å². The Morgan fingerprint density at radius 3 is 0.889 bits per heavy atom. The molecule has 0 aromatic carbocycles. The van der Waals surface area contributed by atoms with Crippen LogP contribution in [0.2, 0.25) is 0 Å². The average Bonchev–Trinajstić information content (AvgIpc) is 3.38. The van der Waals surface area contributed by atoms with Crippen LogP contribution in [0.4, 0.5) is 0 Å². The summed E-state index contributed by atoms with van der Waals surface area (Å²) < 4.78 is 16.6. The number of rotatable bonds is 50. The van der Waals surface area contributed by atoms with Crippen molar-refractivity contribution in [1.29, 1.82) is 0 Å². The molecule has 1 atom stereocenters. The minimum Gasteiger partial charge on any atom is -0.462 e. The van der Waals surface area contributed by atoms with Gasteiger partial charge in [-0.3, -0.25) is 14.4 Å². The molecule has 0 aliphatic rings. The van der Waals surface area contributed by atoms with Gasteiger partial charge >= 0.3 is 17.9 Å². The normalized spacial score (nSPS) is 13.2. The number of ether oxygens (including phenoxy) is 3. The predicted octanol–water partition coefficient (Wildman–Crippen LogP) is 19.6. The lowest BCUT2D eigenvalue weighted by atomic mass is 10.1. The van der Waals surface area contributed by atoms with Crippen LogP contribution in [0.3, 0.4) is 0 Å². The fourth-order valence-electron chi connectivity index (χ4n) is 7.25. The Balaban J connectivity index is 4.15. The quantitative estimate of drug-likeness (QED) is 0.0261. The predicted molar refractivity (Wildman–Crippen MR) is 311 cm³/mol. The van der Waals surface area contributed by atoms with Gasteiger partial charge in [0.15, 0.2) is 6.10 Å². The second-order valence-corrected chi connectivity index (χ2v) is 18.5. The lowest BCUT2D eigenvalue weighted by Crippen LogP contribution is -2.30. The van der Waals surface area contributed by atoms with Crippen molar-refractivity contribution in [3.8, 4) is 0 Å². The van der Waals surface area contributed by atoms with Gasteiger partial charge in [0.1, 0.15) is 13.2 Å². The number of allylic oxidation sites excluding steroid dienone is 24. The minimum atomic E-state index is -0.796. The molecule has 0 amide bonds. The summed E-state index contributed by atoms with van der Waals surface area (Å²) in [6, 6.07) is 0. The first-order valence-corrected chi connectivity index (χ1v) is 28.8. The zero-order valence-electron chi connectivity index (χ0n) is 46.1. The number of carbonyl (C=O) groups is 3. The van der Waals surface area contributed by atoms with Crippen LogP contribution in [0.25, 0.3) is 0 Å². The Morgan fingerprint density at radius 1 is 0.292 bits per heavy atom. The van der Waals surface area contributed by atoms with Gasteiger partial charge in [-0.15, -0.1) is 0 Å². The summed E-state index contributed by atoms with van der Waals surface area (Å²) >= 11 is 0. The van der Waals surface area contributed by atoms with Crippen molar-refractivity contribution in [2.75, 3.05) is 13.2 Å². The monoisotopic (exact) mass is 993 g/mol. The molecular formula is C66H104O6. The van der Waals surface area contributed by atoms with Gasteiger partial charge in [-0.25, -0.2) is 0 Å². The van der Waals surface area contributed by atoms with Gasteiger partial charge in [0.2, 0.25) is 0 Å². The van der Waals surface area contributed by atoms with E-state index in [-0.39, 0.29) is 31.1 Å². The van der Waals surface area contributed by atoms with Crippen LogP contribution >= 0.6 is 0 Å². The second kappa shape index (κ2) is 58.9. The van der Waals surface area contributed by atoms with Gasteiger partial charge in [-0.2, -0.15) is 0 Å². The zero-order chi connectivity index (χ0) is 52.2. The van der Waals surface area contributed by atoms with E-state index in [4.69, 9.17) is 14.2 Å². The van der Waals surface area contributed by atoms with Crippen LogP contribution in [0, 0.1) is 0 Å². The molecule has 0 aliphatic carbocycles. The van der Waals surface area contributed by atoms with Crippen LogP contribution in [0.15, 0.2) is 146 Å². The van der Waals surface area contributed by atoms with Crippen molar-refractivity contribution in [2.24, 2.45) is 0 Å². The lowest BCUT2D eigenvalue weighted by Gasteiger charge is -2.18. The molecule has 6 heteroatoms. The van der Waals surface area contributed by atoms with Gasteiger partial charge in [0.25, 0.3) is 0 Å². The van der Waals surface area contributed by atoms with Crippen molar-refractivity contribution >= 4 is 17.9 Å². The van der Waals surface area contributed by atoms with Gasteiger partial charge in [-0.1, -0.05) is 237 Å². The molecule has 0 aliphatic heterocycles. The molecule has 0 saturated carbocycles. The molecule has 0 heterocycles. The summed E-state index contributed by atoms with van der Waals surface area (Å²) in [5.41, 5.74) is 0. The highest BCUT2D eigenvalue weighted by atomic mass is 16.6. The molecule has 0 aromatic heterocycles. The van der Waals surface area contributed by atoms with Crippen molar-refractivity contribution in [3.05, 3.63) is 146 Å². The highest BCUT2D eigenvalue weighted by Crippen LogP contribution is 2.12. The number of hydrogen-bond acceptors (Lipinski definition) is 6. The first-order chi connectivity index (χ1) is 35.5. The molecule has 0 saturated heterocycles. The third-order valence-corrected chi connectivity index (χ3v) is 11.6. The smallest absolute Gasteiger partial charge is 0.306 e. The summed E-state index contributed by atoms with van der Waals surface area (Å²) in [4.78, 5) is 37.7. The fourth-order valence-corrected chi connectivity index (χ4v) is 7.25. The van der Waals surface area contributed by atoms with Gasteiger partial charge in [-0.05, 0) is 122 Å². The number of unbranched alkanes of at least 4 members (excludes halogenated alkanes) is 15. The maximum absolute atomic E-state index is 12.7. The van der Waals surface area contributed by atoms with E-state index < -0.39 is 6.10 Å². The Bertz CT molecular complexity index is 1610. The molecule has 0 radical (unpaired) electrons. The molecule has 72 heavy (non-hydrogen) atoms. The van der Waals surface area contributed by atoms with Crippen LogP contribution in [-0.2, 0) is 28.6 Å². The van der Waals surface area contributed by atoms with E-state index in [1.165, 1.54) is 19.3 Å². The highest BCUT2D eigenvalue weighted by Gasteiger charge is 2.19. The standard InChI is InChI=1S/C66H104O6/c1-4-7-10-13-15-17-19-21-23-24-25-26-27-28-29-30-31-32-33-34-35-36-37-38-39-40-41-42-43-45-46-48-50-53-56-59-65(68)71-62-63(61-70-64(67)58-55-52-12-9-6-3)72-66(69)60-57-54-51-49-47-44-22-20-18-16-14-11-8-5-2/h7,10,14-17,20-23,25-26,28-29,31-32,34-35,37-38,40-41,43,45,63H,4-6,8-9,11-13,18-19,24,27,30,33,36,39,42,44,46-62H2,1-3H3/b10-7-,16-14-,17-15-,22-20-,23-21-,26-25-,29-28-,32-31-,35-34-,38-37-,41-40-,45-43-. The highest BCUT2D eigenvalue weighted by molar-refractivity contribution is 5.71. The summed E-state index contributed by atoms with van der Waals surface area (Å²) in [5.74, 6) is -0.960. The fraction of sp³-hybridized carbons (Fsp3) is 0.591. The maximum Gasteiger partial charge on any atom is 0.306 e. The number of carbonyl (C=O) groups excluding carboxylic acids is 3. The molecule has 0 bridgehead atoms. The largest absolute Gasteiger partial charge is 0.462 e. The molecule has 0 rings (SSSR count). The van der Waals surface area contributed by atoms with Crippen molar-refractivity contribution in [2.45, 2.75) is 239 Å². The molecular weight excluding hydrogens is 889 g/mol. The van der Waals surface area contributed by atoms with Crippen LogP contribution in [-0.4, -0.2) is 37.2 Å². The van der Waals surface area contributed by atoms with E-state index in [1.807, 2.05) is 0 Å². The lowest BCUT2D eigenvalue weighted by molar-refractivity contribution is -0.167. The summed E-state index contributed by atoms with van der Waals surface area (Å²) in [6.45, 7) is 6.34. The van der Waals surface area contributed by atoms with E-state index in [0.29, 0.717) is 19.3 Å². The van der Waals surface area contributed by atoms with E-state index in [2.05, 4.69) is 167 Å². The minimum absolute atomic E-state index is 0.0969. The molecule has 1 unspecified atom stereocenters. The molecule has 6 nitrogen and oxygen atoms in total. The van der Waals surface area contributed by atoms with Gasteiger partial charge in [0.05, 0.1) is 0 Å². The third-order valence-electron chi connectivity index (χ3n) is 11.6. The van der Waals surface area contributed by atoms with E-state index >= 15 is 0 Å². The van der Waals surface area contributed by atoms with E-state index in [0.717, 1.165) is 173 Å². The molecule has 0 fully saturated rings. The molecule has 0 N–H and O–H groups in total. The van der Waals surface area contributed by atoms with Crippen molar-refractivity contribution in [3.63, 3.8) is 0 Å². The summed E-state index contributed by atoms with van der Waals surface area (Å²) in [6.07, 6.45) is 84.6. The van der Waals surface area contributed by atoms with Crippen molar-refractivity contribution < 1.29 is 28.6 Å². The Kier molecular flexibility index (Phi) is 55.0. The zero-order valence-corrected chi connectivity index (χ0v) is 46.1. The first kappa shape index (κ1) is 67.3. The van der Waals surface area contributed by atoms with Gasteiger partial charge in [0, 0.05) is 19.3 Å². The summed E-state index contributed by atoms with van der Waals surface area (Å²) in [5, 5.41) is 0. The number of hydrogen-bond donors (Lipinski definition) is 0. The van der Waals surface area contributed by atoms with E-state index in [9.17, 15) is 14.4 Å². The molecule has 0 aromatic rings. The van der Waals surface area contributed by atoms with E-state index in [1.54, 1.807) is 0 Å². The maximum atomic E-state index is 12.7. The second-order valence-electron chi connectivity index (χ2n) is 18.5. The Hall–Kier alpha value is -4.71. The Labute approximate surface area is 442 Å². The average molecular weight is 994 g/mol. The molecule has 0 spiro atoms. The van der Waals surface area contributed by atoms with Crippen molar-refractivity contribution in [1.82, 2.24) is 0 Å². The number of esters is 3. The van der Waals surface area contributed by atoms with Crippen LogP contribution < -0.4 is 0 Å². The Morgan fingerprint density at radius 2 is 0.556 bits per heavy atom. The molecule has 404 valence electrons. The topological polar surface area (TPSA) is 78.9 Å². The van der Waals surface area contributed by atoms with Gasteiger partial charge < -0.3 is 14.2 Å². The first-order valence-electron chi connectivity index (χ1n) is 28.8.